The Kier molecular flexibility index (Phi) is 4.28. The molecule has 2 atom stereocenters. The van der Waals surface area contributed by atoms with E-state index in [-0.39, 0.29) is 5.38 Å². The molecule has 0 N–H and O–H groups in total. The maximum absolute atomic E-state index is 6.14. The summed E-state index contributed by atoms with van der Waals surface area (Å²) in [5.41, 5.74) is 2.39. The highest BCUT2D eigenvalue weighted by Gasteiger charge is 2.11. The fraction of sp³-hybridized carbons (Fsp3) is 0.500. The SMILES string of the molecule is Cc1ccc(CC(C)C(C)Cl)c(Cl)c1. The van der Waals surface area contributed by atoms with Gasteiger partial charge in [-0.2, -0.15) is 0 Å². The van der Waals surface area contributed by atoms with E-state index in [0.717, 1.165) is 11.4 Å². The molecule has 78 valence electrons. The Morgan fingerprint density at radius 2 is 1.93 bits per heavy atom. The first-order chi connectivity index (χ1) is 6.50. The molecule has 0 amide bonds. The topological polar surface area (TPSA) is 0 Å². The molecule has 1 rings (SSSR count). The lowest BCUT2D eigenvalue weighted by Crippen LogP contribution is -2.10. The van der Waals surface area contributed by atoms with Gasteiger partial charge in [-0.15, -0.1) is 11.6 Å². The van der Waals surface area contributed by atoms with E-state index >= 15 is 0 Å². The lowest BCUT2D eigenvalue weighted by molar-refractivity contribution is 0.568. The number of benzene rings is 1. The van der Waals surface area contributed by atoms with Crippen LogP contribution in [-0.4, -0.2) is 5.38 Å². The van der Waals surface area contributed by atoms with Crippen LogP contribution < -0.4 is 0 Å². The van der Waals surface area contributed by atoms with Crippen molar-refractivity contribution >= 4 is 23.2 Å². The predicted molar refractivity (Wildman–Crippen MR) is 64.4 cm³/mol. The molecule has 0 spiro atoms. The maximum Gasteiger partial charge on any atom is 0.0440 e. The van der Waals surface area contributed by atoms with Gasteiger partial charge in [0.05, 0.1) is 0 Å². The van der Waals surface area contributed by atoms with Gasteiger partial charge in [0, 0.05) is 10.4 Å². The molecule has 0 aromatic heterocycles. The van der Waals surface area contributed by atoms with Crippen molar-refractivity contribution in [1.82, 2.24) is 0 Å². The number of aryl methyl sites for hydroxylation is 1. The lowest BCUT2D eigenvalue weighted by Gasteiger charge is -2.14. The highest BCUT2D eigenvalue weighted by Crippen LogP contribution is 2.23. The van der Waals surface area contributed by atoms with Crippen molar-refractivity contribution < 1.29 is 0 Å². The Morgan fingerprint density at radius 1 is 1.29 bits per heavy atom. The fourth-order valence-corrected chi connectivity index (χ4v) is 1.73. The summed E-state index contributed by atoms with van der Waals surface area (Å²) in [5, 5.41) is 1.04. The first kappa shape index (κ1) is 11.9. The van der Waals surface area contributed by atoms with E-state index in [0.29, 0.717) is 5.92 Å². The van der Waals surface area contributed by atoms with Crippen LogP contribution in [0.3, 0.4) is 0 Å². The van der Waals surface area contributed by atoms with Crippen LogP contribution in [-0.2, 0) is 6.42 Å². The Bertz CT molecular complexity index is 305. The van der Waals surface area contributed by atoms with Crippen molar-refractivity contribution in [2.24, 2.45) is 5.92 Å². The second-order valence-electron chi connectivity index (χ2n) is 3.95. The molecule has 14 heavy (non-hydrogen) atoms. The molecule has 2 heteroatoms. The fourth-order valence-electron chi connectivity index (χ4n) is 1.33. The van der Waals surface area contributed by atoms with E-state index in [4.69, 9.17) is 23.2 Å². The third kappa shape index (κ3) is 3.18. The summed E-state index contributed by atoms with van der Waals surface area (Å²) in [6, 6.07) is 6.18. The summed E-state index contributed by atoms with van der Waals surface area (Å²) in [7, 11) is 0. The highest BCUT2D eigenvalue weighted by atomic mass is 35.5. The molecule has 0 radical (unpaired) electrons. The molecular formula is C12H16Cl2. The molecule has 0 aliphatic heterocycles. The third-order valence-corrected chi connectivity index (χ3v) is 3.32. The van der Waals surface area contributed by atoms with Crippen molar-refractivity contribution in [3.05, 3.63) is 34.3 Å². The van der Waals surface area contributed by atoms with Crippen LogP contribution in [0, 0.1) is 12.8 Å². The highest BCUT2D eigenvalue weighted by molar-refractivity contribution is 6.31. The van der Waals surface area contributed by atoms with Crippen molar-refractivity contribution in [1.29, 1.82) is 0 Å². The minimum Gasteiger partial charge on any atom is -0.123 e. The van der Waals surface area contributed by atoms with Gasteiger partial charge in [-0.25, -0.2) is 0 Å². The van der Waals surface area contributed by atoms with Crippen LogP contribution >= 0.6 is 23.2 Å². The van der Waals surface area contributed by atoms with Gasteiger partial charge in [-0.05, 0) is 43.4 Å². The minimum atomic E-state index is 0.187. The Balaban J connectivity index is 2.77. The molecule has 0 bridgehead atoms. The monoisotopic (exact) mass is 230 g/mol. The molecular weight excluding hydrogens is 215 g/mol. The number of alkyl halides is 1. The zero-order chi connectivity index (χ0) is 10.7. The average Bonchev–Trinajstić information content (AvgIpc) is 2.09. The summed E-state index contributed by atoms with van der Waals surface area (Å²) >= 11 is 12.2. The van der Waals surface area contributed by atoms with Gasteiger partial charge in [0.25, 0.3) is 0 Å². The van der Waals surface area contributed by atoms with Crippen molar-refractivity contribution in [3.8, 4) is 0 Å². The summed E-state index contributed by atoms with van der Waals surface area (Å²) in [6.07, 6.45) is 0.948. The molecule has 1 aromatic rings. The number of hydrogen-bond donors (Lipinski definition) is 0. The van der Waals surface area contributed by atoms with Crippen LogP contribution in [0.5, 0.6) is 0 Å². The average molecular weight is 231 g/mol. The Hall–Kier alpha value is -0.200. The van der Waals surface area contributed by atoms with Gasteiger partial charge in [-0.3, -0.25) is 0 Å². The molecule has 0 aliphatic carbocycles. The van der Waals surface area contributed by atoms with Crippen molar-refractivity contribution in [3.63, 3.8) is 0 Å². The van der Waals surface area contributed by atoms with E-state index < -0.39 is 0 Å². The quantitative estimate of drug-likeness (QED) is 0.674. The summed E-state index contributed by atoms with van der Waals surface area (Å²) in [4.78, 5) is 0. The second-order valence-corrected chi connectivity index (χ2v) is 5.05. The zero-order valence-corrected chi connectivity index (χ0v) is 10.4. The first-order valence-electron chi connectivity index (χ1n) is 4.90. The van der Waals surface area contributed by atoms with Crippen LogP contribution in [0.1, 0.15) is 25.0 Å². The van der Waals surface area contributed by atoms with E-state index in [2.05, 4.69) is 19.1 Å². The van der Waals surface area contributed by atoms with Gasteiger partial charge in [0.2, 0.25) is 0 Å². The maximum atomic E-state index is 6.14. The smallest absolute Gasteiger partial charge is 0.0440 e. The normalized spacial score (nSPS) is 15.2. The lowest BCUT2D eigenvalue weighted by atomic mass is 9.98. The van der Waals surface area contributed by atoms with Gasteiger partial charge in [0.15, 0.2) is 0 Å². The van der Waals surface area contributed by atoms with Crippen LogP contribution in [0.4, 0.5) is 0 Å². The molecule has 1 aromatic carbocycles. The molecule has 0 saturated heterocycles. The summed E-state index contributed by atoms with van der Waals surface area (Å²) in [6.45, 7) is 6.21. The van der Waals surface area contributed by atoms with E-state index in [9.17, 15) is 0 Å². The summed E-state index contributed by atoms with van der Waals surface area (Å²) < 4.78 is 0. The predicted octanol–water partition coefficient (Wildman–Crippen LogP) is 4.45. The Morgan fingerprint density at radius 3 is 2.43 bits per heavy atom. The Labute approximate surface area is 96.2 Å². The molecule has 0 heterocycles. The van der Waals surface area contributed by atoms with Gasteiger partial charge < -0.3 is 0 Å². The molecule has 0 nitrogen and oxygen atoms in total. The number of hydrogen-bond acceptors (Lipinski definition) is 0. The van der Waals surface area contributed by atoms with Gasteiger partial charge in [0.1, 0.15) is 0 Å². The standard InChI is InChI=1S/C12H16Cl2/c1-8-4-5-11(12(14)6-8)7-9(2)10(3)13/h4-6,9-10H,7H2,1-3H3. The van der Waals surface area contributed by atoms with Crippen LogP contribution in [0.2, 0.25) is 5.02 Å². The van der Waals surface area contributed by atoms with E-state index in [1.165, 1.54) is 11.1 Å². The third-order valence-electron chi connectivity index (χ3n) is 2.53. The van der Waals surface area contributed by atoms with E-state index in [1.807, 2.05) is 19.9 Å². The molecule has 2 unspecified atom stereocenters. The van der Waals surface area contributed by atoms with Crippen LogP contribution in [0.15, 0.2) is 18.2 Å². The number of rotatable bonds is 3. The molecule has 0 saturated carbocycles. The van der Waals surface area contributed by atoms with Crippen molar-refractivity contribution in [2.45, 2.75) is 32.6 Å². The molecule has 0 aliphatic rings. The number of halogens is 2. The summed E-state index contributed by atoms with van der Waals surface area (Å²) in [5.74, 6) is 0.455. The minimum absolute atomic E-state index is 0.187. The van der Waals surface area contributed by atoms with Gasteiger partial charge in [-0.1, -0.05) is 30.7 Å². The van der Waals surface area contributed by atoms with Gasteiger partial charge >= 0.3 is 0 Å². The van der Waals surface area contributed by atoms with Crippen LogP contribution in [0.25, 0.3) is 0 Å². The zero-order valence-electron chi connectivity index (χ0n) is 8.85. The second kappa shape index (κ2) is 5.04. The first-order valence-corrected chi connectivity index (χ1v) is 5.71. The molecule has 0 fully saturated rings. The van der Waals surface area contributed by atoms with Crippen molar-refractivity contribution in [2.75, 3.05) is 0 Å². The van der Waals surface area contributed by atoms with E-state index in [1.54, 1.807) is 0 Å². The largest absolute Gasteiger partial charge is 0.123 e.